The van der Waals surface area contributed by atoms with Gasteiger partial charge in [0.2, 0.25) is 11.7 Å². The molecule has 0 N–H and O–H groups in total. The number of piperidine rings is 1. The molecule has 0 radical (unpaired) electrons. The van der Waals surface area contributed by atoms with E-state index in [0.29, 0.717) is 41.6 Å². The minimum Gasteiger partial charge on any atom is -0.339 e. The number of halogens is 1. The number of aryl methyl sites for hydroxylation is 2. The first-order chi connectivity index (χ1) is 15.0. The highest BCUT2D eigenvalue weighted by atomic mass is 19.1. The fourth-order valence-electron chi connectivity index (χ4n) is 4.10. The lowest BCUT2D eigenvalue weighted by atomic mass is 9.97. The average Bonchev–Trinajstić information content (AvgIpc) is 3.41. The van der Waals surface area contributed by atoms with Crippen molar-refractivity contribution in [3.8, 4) is 11.4 Å². The first kappa shape index (κ1) is 19.3. The lowest BCUT2D eigenvalue weighted by molar-refractivity contribution is 0.0697. The van der Waals surface area contributed by atoms with Crippen LogP contribution in [-0.2, 0) is 0 Å². The van der Waals surface area contributed by atoms with Crippen molar-refractivity contribution in [1.82, 2.24) is 29.6 Å². The number of carbonyl (C=O) groups is 1. The molecule has 3 aromatic heterocycles. The number of fused-ring (bicyclic) bond motifs is 1. The van der Waals surface area contributed by atoms with Crippen molar-refractivity contribution in [2.75, 3.05) is 13.1 Å². The van der Waals surface area contributed by atoms with E-state index in [1.807, 2.05) is 19.9 Å². The van der Waals surface area contributed by atoms with Crippen molar-refractivity contribution in [2.45, 2.75) is 32.6 Å². The van der Waals surface area contributed by atoms with E-state index in [2.05, 4.69) is 20.2 Å². The molecule has 0 saturated carbocycles. The van der Waals surface area contributed by atoms with E-state index < -0.39 is 0 Å². The molecule has 8 nitrogen and oxygen atoms in total. The zero-order chi connectivity index (χ0) is 21.5. The van der Waals surface area contributed by atoms with E-state index in [1.165, 1.54) is 12.1 Å². The molecule has 31 heavy (non-hydrogen) atoms. The Balaban J connectivity index is 1.38. The maximum Gasteiger partial charge on any atom is 0.259 e. The summed E-state index contributed by atoms with van der Waals surface area (Å²) in [5.41, 5.74) is 3.37. The van der Waals surface area contributed by atoms with Crippen molar-refractivity contribution in [3.63, 3.8) is 0 Å². The van der Waals surface area contributed by atoms with E-state index in [4.69, 9.17) is 4.52 Å². The molecule has 9 heteroatoms. The van der Waals surface area contributed by atoms with Gasteiger partial charge in [-0.05, 0) is 44.9 Å². The summed E-state index contributed by atoms with van der Waals surface area (Å²) in [6.45, 7) is 4.94. The lowest BCUT2D eigenvalue weighted by Gasteiger charge is -2.30. The van der Waals surface area contributed by atoms with Gasteiger partial charge in [-0.1, -0.05) is 17.3 Å². The third-order valence-corrected chi connectivity index (χ3v) is 5.59. The van der Waals surface area contributed by atoms with Crippen molar-refractivity contribution in [3.05, 3.63) is 65.2 Å². The second-order valence-corrected chi connectivity index (χ2v) is 7.89. The number of rotatable bonds is 3. The van der Waals surface area contributed by atoms with Gasteiger partial charge < -0.3 is 9.42 Å². The summed E-state index contributed by atoms with van der Waals surface area (Å²) in [6, 6.07) is 8.00. The van der Waals surface area contributed by atoms with Crippen LogP contribution in [0.5, 0.6) is 0 Å². The summed E-state index contributed by atoms with van der Waals surface area (Å²) < 4.78 is 20.7. The normalized spacial score (nSPS) is 16.7. The Morgan fingerprint density at radius 1 is 1.23 bits per heavy atom. The lowest BCUT2D eigenvalue weighted by Crippen LogP contribution is -2.39. The summed E-state index contributed by atoms with van der Waals surface area (Å²) in [7, 11) is 0. The minimum atomic E-state index is -0.356. The van der Waals surface area contributed by atoms with Crippen molar-refractivity contribution in [1.29, 1.82) is 0 Å². The highest BCUT2D eigenvalue weighted by molar-refractivity contribution is 5.99. The molecule has 5 rings (SSSR count). The molecule has 4 aromatic rings. The van der Waals surface area contributed by atoms with Crippen LogP contribution in [-0.4, -0.2) is 48.6 Å². The molecule has 1 amide bonds. The molecule has 0 bridgehead atoms. The highest BCUT2D eigenvalue weighted by Gasteiger charge is 2.31. The molecule has 4 heterocycles. The van der Waals surface area contributed by atoms with Crippen molar-refractivity contribution < 1.29 is 13.7 Å². The van der Waals surface area contributed by atoms with Crippen LogP contribution >= 0.6 is 0 Å². The first-order valence-electron chi connectivity index (χ1n) is 10.2. The summed E-state index contributed by atoms with van der Waals surface area (Å²) in [4.78, 5) is 24.0. The van der Waals surface area contributed by atoms with Crippen LogP contribution in [0, 0.1) is 19.7 Å². The summed E-state index contributed by atoms with van der Waals surface area (Å²) in [5.74, 6) is 0.260. The van der Waals surface area contributed by atoms with E-state index in [1.54, 1.807) is 27.7 Å². The molecule has 1 aromatic carbocycles. The smallest absolute Gasteiger partial charge is 0.259 e. The van der Waals surface area contributed by atoms with E-state index in [9.17, 15) is 9.18 Å². The second kappa shape index (κ2) is 7.57. The van der Waals surface area contributed by atoms with Crippen LogP contribution in [0.4, 0.5) is 4.39 Å². The summed E-state index contributed by atoms with van der Waals surface area (Å²) in [5, 5.41) is 8.33. The Labute approximate surface area is 177 Å². The van der Waals surface area contributed by atoms with Crippen LogP contribution < -0.4 is 0 Å². The molecular formula is C22H21FN6O2. The Morgan fingerprint density at radius 2 is 2.10 bits per heavy atom. The number of nitrogens with zero attached hydrogens (tertiary/aromatic N) is 6. The third-order valence-electron chi connectivity index (χ3n) is 5.59. The average molecular weight is 420 g/mol. The molecule has 1 atom stereocenters. The molecule has 1 saturated heterocycles. The number of hydrogen-bond acceptors (Lipinski definition) is 6. The SMILES string of the molecule is Cc1cc(C)n2ncc(C(=O)N3CCCC(c4nc(-c5cccc(F)c5)no4)C3)c2n1. The fourth-order valence-corrected chi connectivity index (χ4v) is 4.10. The molecule has 158 valence electrons. The number of hydrogen-bond donors (Lipinski definition) is 0. The van der Waals surface area contributed by atoms with Crippen LogP contribution in [0.3, 0.4) is 0 Å². The zero-order valence-corrected chi connectivity index (χ0v) is 17.2. The van der Waals surface area contributed by atoms with Crippen molar-refractivity contribution in [2.24, 2.45) is 0 Å². The molecule has 0 spiro atoms. The zero-order valence-electron chi connectivity index (χ0n) is 17.2. The Kier molecular flexibility index (Phi) is 4.72. The molecular weight excluding hydrogens is 399 g/mol. The standard InChI is InChI=1S/C22H21FN6O2/c1-13-9-14(2)29-20(25-13)18(11-24-29)22(30)28-8-4-6-16(12-28)21-26-19(27-31-21)15-5-3-7-17(23)10-15/h3,5,7,9-11,16H,4,6,8,12H2,1-2H3. The monoisotopic (exact) mass is 420 g/mol. The molecule has 1 aliphatic rings. The predicted octanol–water partition coefficient (Wildman–Crippen LogP) is 3.56. The van der Waals surface area contributed by atoms with Gasteiger partial charge in [0.15, 0.2) is 5.65 Å². The minimum absolute atomic E-state index is 0.0780. The van der Waals surface area contributed by atoms with Gasteiger partial charge in [0, 0.05) is 30.0 Å². The Morgan fingerprint density at radius 3 is 2.94 bits per heavy atom. The maximum atomic E-state index is 13.5. The summed E-state index contributed by atoms with van der Waals surface area (Å²) in [6.07, 6.45) is 3.23. The largest absolute Gasteiger partial charge is 0.339 e. The van der Waals surface area contributed by atoms with Crippen LogP contribution in [0.2, 0.25) is 0 Å². The predicted molar refractivity (Wildman–Crippen MR) is 110 cm³/mol. The first-order valence-corrected chi connectivity index (χ1v) is 10.2. The van der Waals surface area contributed by atoms with Gasteiger partial charge in [0.05, 0.1) is 12.1 Å². The van der Waals surface area contributed by atoms with Gasteiger partial charge in [0.25, 0.3) is 5.91 Å². The quantitative estimate of drug-likeness (QED) is 0.504. The van der Waals surface area contributed by atoms with Gasteiger partial charge in [-0.2, -0.15) is 10.1 Å². The van der Waals surface area contributed by atoms with Gasteiger partial charge in [0.1, 0.15) is 11.4 Å². The molecule has 1 aliphatic heterocycles. The van der Waals surface area contributed by atoms with E-state index in [-0.39, 0.29) is 17.6 Å². The number of amides is 1. The number of aromatic nitrogens is 5. The third kappa shape index (κ3) is 3.56. The topological polar surface area (TPSA) is 89.4 Å². The Bertz CT molecular complexity index is 1280. The summed E-state index contributed by atoms with van der Waals surface area (Å²) >= 11 is 0. The fraction of sp³-hybridized carbons (Fsp3) is 0.318. The highest BCUT2D eigenvalue weighted by Crippen LogP contribution is 2.29. The van der Waals surface area contributed by atoms with Crippen molar-refractivity contribution >= 4 is 11.6 Å². The van der Waals surface area contributed by atoms with Gasteiger partial charge in [-0.25, -0.2) is 13.9 Å². The number of benzene rings is 1. The van der Waals surface area contributed by atoms with Gasteiger partial charge >= 0.3 is 0 Å². The number of carbonyl (C=O) groups excluding carboxylic acids is 1. The van der Waals surface area contributed by atoms with Gasteiger partial charge in [-0.15, -0.1) is 0 Å². The van der Waals surface area contributed by atoms with E-state index in [0.717, 1.165) is 24.2 Å². The number of likely N-dealkylation sites (tertiary alicyclic amines) is 1. The van der Waals surface area contributed by atoms with Crippen LogP contribution in [0.15, 0.2) is 41.1 Å². The molecule has 1 fully saturated rings. The maximum absolute atomic E-state index is 13.5. The Hall–Kier alpha value is -3.62. The van der Waals surface area contributed by atoms with Gasteiger partial charge in [-0.3, -0.25) is 4.79 Å². The van der Waals surface area contributed by atoms with Crippen LogP contribution in [0.1, 0.15) is 46.4 Å². The second-order valence-electron chi connectivity index (χ2n) is 7.89. The molecule has 0 aliphatic carbocycles. The van der Waals surface area contributed by atoms with E-state index >= 15 is 0 Å². The van der Waals surface area contributed by atoms with Crippen LogP contribution in [0.25, 0.3) is 17.0 Å². The molecule has 1 unspecified atom stereocenters.